The zero-order valence-corrected chi connectivity index (χ0v) is 42.5. The number of nitriles is 1. The molecule has 1 aliphatic carbocycles. The number of ether oxygens (including phenoxy) is 3. The fourth-order valence-corrected chi connectivity index (χ4v) is 10.7. The molecule has 7 rings (SSSR count). The Labute approximate surface area is 418 Å². The summed E-state index contributed by atoms with van der Waals surface area (Å²) in [5, 5.41) is 29.2. The van der Waals surface area contributed by atoms with E-state index >= 15 is 0 Å². The van der Waals surface area contributed by atoms with Gasteiger partial charge in [-0.1, -0.05) is 96.5 Å². The van der Waals surface area contributed by atoms with Gasteiger partial charge in [0.05, 0.1) is 38.9 Å². The summed E-state index contributed by atoms with van der Waals surface area (Å²) in [7, 11) is 0. The van der Waals surface area contributed by atoms with Gasteiger partial charge in [-0.25, -0.2) is 4.98 Å². The van der Waals surface area contributed by atoms with Crippen molar-refractivity contribution in [2.45, 2.75) is 112 Å². The number of benzene rings is 4. The van der Waals surface area contributed by atoms with Crippen LogP contribution in [0.1, 0.15) is 101 Å². The third kappa shape index (κ3) is 11.5. The SMILES string of the molecule is Cc1ncsc1-c1ccc(CNC(=O)[C@@H]2C[C@@H](O)CN2C(=O)C(NC(=O)CO[C@H](C)c2ccc(Oc3ccc(C(=O)N[C@H]4C(C)(C)[C@H](Oc5ccc(C#N)c(Cl)c5)C4(C)C)cc3)cc2)C(C)(C)C)cc1. The molecule has 2 fully saturated rings. The Morgan fingerprint density at radius 1 is 0.943 bits per heavy atom. The van der Waals surface area contributed by atoms with E-state index in [1.54, 1.807) is 65.9 Å². The number of likely N-dealkylation sites (tertiary alicyclic amines) is 1. The van der Waals surface area contributed by atoms with Crippen LogP contribution in [0.25, 0.3) is 10.4 Å². The van der Waals surface area contributed by atoms with Crippen molar-refractivity contribution in [3.63, 3.8) is 0 Å². The first-order valence-corrected chi connectivity index (χ1v) is 24.5. The number of carbonyl (C=O) groups is 4. The van der Waals surface area contributed by atoms with Gasteiger partial charge in [0.25, 0.3) is 5.91 Å². The van der Waals surface area contributed by atoms with Crippen molar-refractivity contribution in [1.29, 1.82) is 5.26 Å². The highest BCUT2D eigenvalue weighted by molar-refractivity contribution is 7.13. The summed E-state index contributed by atoms with van der Waals surface area (Å²) in [4.78, 5) is 61.2. The largest absolute Gasteiger partial charge is 0.489 e. The predicted octanol–water partition coefficient (Wildman–Crippen LogP) is 8.93. The maximum Gasteiger partial charge on any atom is 0.251 e. The molecule has 0 radical (unpaired) electrons. The molecule has 1 aliphatic heterocycles. The van der Waals surface area contributed by atoms with Crippen molar-refractivity contribution in [2.75, 3.05) is 13.2 Å². The monoisotopic (exact) mass is 988 g/mol. The Kier molecular flexibility index (Phi) is 15.4. The quantitative estimate of drug-likeness (QED) is 0.0742. The second kappa shape index (κ2) is 21.0. The van der Waals surface area contributed by atoms with Crippen molar-refractivity contribution < 1.29 is 38.5 Å². The minimum absolute atomic E-state index is 0.0338. The minimum Gasteiger partial charge on any atom is -0.489 e. The van der Waals surface area contributed by atoms with Gasteiger partial charge in [0.15, 0.2) is 0 Å². The third-order valence-electron chi connectivity index (χ3n) is 13.3. The van der Waals surface area contributed by atoms with Crippen LogP contribution in [0.2, 0.25) is 5.02 Å². The molecule has 2 aliphatic rings. The molecule has 4 atom stereocenters. The molecule has 4 aromatic carbocycles. The number of aryl methyl sites for hydroxylation is 1. The fourth-order valence-electron chi connectivity index (χ4n) is 9.71. The van der Waals surface area contributed by atoms with Crippen LogP contribution in [0, 0.1) is 34.5 Å². The van der Waals surface area contributed by atoms with Crippen LogP contribution in [0.5, 0.6) is 17.2 Å². The number of aromatic nitrogens is 1. The maximum atomic E-state index is 14.1. The standard InChI is InChI=1S/C54H61ClN6O8S/c1-31-45(70-30-58-31)35-12-10-33(11-13-35)27-57-48(65)43-24-38(62)28-61(43)49(66)46(52(3,4)5)59-44(63)29-67-32(2)34-14-19-39(20-15-34)68-40-21-16-36(17-22-40)47(64)60-50-53(6,7)51(54(50,8)9)69-41-23-18-37(26-56)42(55)25-41/h10-23,25,30,32,38,43,46,50-51,62H,24,27-29H2,1-9H3,(H,57,65)(H,59,63)(H,60,64)/t32-,38-,43+,46?,50-,51-/m1/s1. The topological polar surface area (TPSA) is 192 Å². The van der Waals surface area contributed by atoms with Gasteiger partial charge in [-0.2, -0.15) is 5.26 Å². The number of hydrogen-bond donors (Lipinski definition) is 4. The summed E-state index contributed by atoms with van der Waals surface area (Å²) in [5.74, 6) is 0.0876. The molecule has 1 saturated heterocycles. The van der Waals surface area contributed by atoms with Gasteiger partial charge >= 0.3 is 0 Å². The lowest BCUT2D eigenvalue weighted by Gasteiger charge is -2.63. The number of β-amino-alcohol motifs (C(OH)–C–C–N with tert-alkyl or cyclic N) is 1. The first-order chi connectivity index (χ1) is 33.1. The molecule has 5 aromatic rings. The predicted molar refractivity (Wildman–Crippen MR) is 268 cm³/mol. The molecule has 4 N–H and O–H groups in total. The number of rotatable bonds is 16. The van der Waals surface area contributed by atoms with E-state index in [0.717, 1.165) is 27.3 Å². The van der Waals surface area contributed by atoms with E-state index in [2.05, 4.69) is 54.7 Å². The zero-order chi connectivity index (χ0) is 50.7. The first kappa shape index (κ1) is 51.5. The van der Waals surface area contributed by atoms with Crippen LogP contribution in [0.15, 0.2) is 96.5 Å². The lowest BCUT2D eigenvalue weighted by molar-refractivity contribution is -0.164. The Bertz CT molecular complexity index is 2730. The molecule has 70 heavy (non-hydrogen) atoms. The number of carbonyl (C=O) groups excluding carboxylic acids is 4. The summed E-state index contributed by atoms with van der Waals surface area (Å²) in [6.45, 7) is 17.3. The highest BCUT2D eigenvalue weighted by Crippen LogP contribution is 2.55. The normalized spacial score (nSPS) is 20.0. The summed E-state index contributed by atoms with van der Waals surface area (Å²) >= 11 is 7.81. The summed E-state index contributed by atoms with van der Waals surface area (Å²) in [6.07, 6.45) is -1.53. The van der Waals surface area contributed by atoms with Gasteiger partial charge in [0.2, 0.25) is 17.7 Å². The van der Waals surface area contributed by atoms with E-state index in [1.165, 1.54) is 4.90 Å². The highest BCUT2D eigenvalue weighted by atomic mass is 35.5. The van der Waals surface area contributed by atoms with E-state index in [9.17, 15) is 29.5 Å². The smallest absolute Gasteiger partial charge is 0.251 e. The van der Waals surface area contributed by atoms with E-state index in [4.69, 9.17) is 25.8 Å². The number of amides is 4. The van der Waals surface area contributed by atoms with E-state index in [-0.39, 0.29) is 50.1 Å². The molecule has 2 heterocycles. The number of halogens is 1. The van der Waals surface area contributed by atoms with Crippen LogP contribution < -0.4 is 25.4 Å². The van der Waals surface area contributed by atoms with Gasteiger partial charge in [-0.05, 0) is 84.5 Å². The van der Waals surface area contributed by atoms with Crippen LogP contribution >= 0.6 is 22.9 Å². The highest BCUT2D eigenvalue weighted by Gasteiger charge is 2.64. The second-order valence-electron chi connectivity index (χ2n) is 20.4. The molecular weight excluding hydrogens is 928 g/mol. The summed E-state index contributed by atoms with van der Waals surface area (Å²) in [6, 6.07) is 26.9. The second-order valence-corrected chi connectivity index (χ2v) is 21.7. The van der Waals surface area contributed by atoms with Crippen molar-refractivity contribution >= 4 is 46.6 Å². The Morgan fingerprint density at radius 3 is 2.16 bits per heavy atom. The molecule has 1 saturated carbocycles. The first-order valence-electron chi connectivity index (χ1n) is 23.3. The number of nitrogens with one attached hydrogen (secondary N) is 3. The van der Waals surface area contributed by atoms with Crippen molar-refractivity contribution in [3.05, 3.63) is 129 Å². The number of aliphatic hydroxyl groups is 1. The molecular formula is C54H61ClN6O8S. The maximum absolute atomic E-state index is 14.1. The van der Waals surface area contributed by atoms with Crippen LogP contribution in [-0.2, 0) is 25.7 Å². The molecule has 4 amide bonds. The Morgan fingerprint density at radius 2 is 1.57 bits per heavy atom. The average molecular weight is 990 g/mol. The molecule has 1 unspecified atom stereocenters. The fraction of sp³-hybridized carbons (Fsp3) is 0.407. The molecule has 1 aromatic heterocycles. The number of hydrogen-bond acceptors (Lipinski definition) is 11. The minimum atomic E-state index is -1.00. The van der Waals surface area contributed by atoms with Gasteiger partial charge in [0, 0.05) is 48.0 Å². The number of aliphatic hydroxyl groups excluding tert-OH is 1. The van der Waals surface area contributed by atoms with Crippen LogP contribution in [0.4, 0.5) is 0 Å². The van der Waals surface area contributed by atoms with Crippen molar-refractivity contribution in [3.8, 4) is 33.8 Å². The van der Waals surface area contributed by atoms with Gasteiger partial charge in [0.1, 0.15) is 48.1 Å². The van der Waals surface area contributed by atoms with E-state index < -0.39 is 52.4 Å². The van der Waals surface area contributed by atoms with E-state index in [1.807, 2.05) is 76.5 Å². The lowest BCUT2D eigenvalue weighted by atomic mass is 9.49. The van der Waals surface area contributed by atoms with Gasteiger partial charge in [-0.15, -0.1) is 11.3 Å². The molecule has 368 valence electrons. The van der Waals surface area contributed by atoms with Gasteiger partial charge < -0.3 is 40.2 Å². The third-order valence-corrected chi connectivity index (χ3v) is 14.6. The van der Waals surface area contributed by atoms with Crippen LogP contribution in [0.3, 0.4) is 0 Å². The molecule has 0 bridgehead atoms. The summed E-state index contributed by atoms with van der Waals surface area (Å²) in [5.41, 5.74) is 4.77. The average Bonchev–Trinajstić information content (AvgIpc) is 3.94. The molecule has 16 heteroatoms. The number of nitrogens with zero attached hydrogens (tertiary/aromatic N) is 3. The Hall–Kier alpha value is -6.31. The van der Waals surface area contributed by atoms with Crippen molar-refractivity contribution in [1.82, 2.24) is 25.8 Å². The molecule has 14 nitrogen and oxygen atoms in total. The molecule has 0 spiro atoms. The summed E-state index contributed by atoms with van der Waals surface area (Å²) < 4.78 is 18.4. The lowest BCUT2D eigenvalue weighted by Crippen LogP contribution is -2.74. The van der Waals surface area contributed by atoms with E-state index in [0.29, 0.717) is 33.4 Å². The van der Waals surface area contributed by atoms with Gasteiger partial charge in [-0.3, -0.25) is 19.2 Å². The number of thiazole rings is 1. The van der Waals surface area contributed by atoms with Crippen molar-refractivity contribution in [2.24, 2.45) is 16.2 Å². The Balaban J connectivity index is 0.876. The van der Waals surface area contributed by atoms with Crippen LogP contribution in [-0.4, -0.2) is 82.1 Å². The zero-order valence-electron chi connectivity index (χ0n) is 41.0.